The maximum Gasteiger partial charge on any atom is 0.338 e. The summed E-state index contributed by atoms with van der Waals surface area (Å²) in [6.07, 6.45) is 0.706. The average molecular weight is 264 g/mol. The predicted octanol–water partition coefficient (Wildman–Crippen LogP) is 1.75. The fourth-order valence-corrected chi connectivity index (χ4v) is 2.13. The highest BCUT2D eigenvalue weighted by atomic mass is 16.6. The van der Waals surface area contributed by atoms with Crippen molar-refractivity contribution >= 4 is 11.7 Å². The number of non-ortho nitro benzene ring substituents is 1. The summed E-state index contributed by atoms with van der Waals surface area (Å²) >= 11 is 0. The number of hydrogen-bond donors (Lipinski definition) is 1. The van der Waals surface area contributed by atoms with E-state index in [0.29, 0.717) is 18.0 Å². The van der Waals surface area contributed by atoms with Crippen molar-refractivity contribution < 1.29 is 14.5 Å². The molecule has 0 aromatic heterocycles. The molecule has 2 unspecified atom stereocenters. The summed E-state index contributed by atoms with van der Waals surface area (Å²) in [5, 5.41) is 13.7. The highest BCUT2D eigenvalue weighted by molar-refractivity contribution is 5.89. The molecule has 0 bridgehead atoms. The van der Waals surface area contributed by atoms with Gasteiger partial charge in [0.25, 0.3) is 5.69 Å². The molecule has 0 radical (unpaired) electrons. The minimum Gasteiger partial charge on any atom is -0.457 e. The number of hydrogen-bond acceptors (Lipinski definition) is 5. The molecule has 1 aliphatic heterocycles. The highest BCUT2D eigenvalue weighted by Crippen LogP contribution is 2.16. The molecule has 1 saturated heterocycles. The maximum absolute atomic E-state index is 11.9. The number of carbonyl (C=O) groups is 1. The molecule has 1 fully saturated rings. The maximum atomic E-state index is 11.9. The summed E-state index contributed by atoms with van der Waals surface area (Å²) in [5.41, 5.74) is 0.299. The number of nitrogens with one attached hydrogen (secondary N) is 1. The SMILES string of the molecule is CC1CNCC(OC(=O)c2ccc([N+](=O)[O-])cc2)C1. The Kier molecular flexibility index (Phi) is 4.11. The molecule has 0 spiro atoms. The van der Waals surface area contributed by atoms with Gasteiger partial charge in [0.1, 0.15) is 6.10 Å². The molecular formula is C13H16N2O4. The van der Waals surface area contributed by atoms with Crippen LogP contribution < -0.4 is 5.32 Å². The molecule has 1 aliphatic rings. The second-order valence-electron chi connectivity index (χ2n) is 4.83. The van der Waals surface area contributed by atoms with Gasteiger partial charge < -0.3 is 10.1 Å². The summed E-state index contributed by atoms with van der Waals surface area (Å²) in [5.74, 6) is 0.0409. The van der Waals surface area contributed by atoms with E-state index < -0.39 is 10.9 Å². The van der Waals surface area contributed by atoms with E-state index in [2.05, 4.69) is 12.2 Å². The van der Waals surface area contributed by atoms with E-state index >= 15 is 0 Å². The van der Waals surface area contributed by atoms with Crippen LogP contribution in [0.4, 0.5) is 5.69 Å². The van der Waals surface area contributed by atoms with Crippen LogP contribution in [-0.4, -0.2) is 30.1 Å². The third kappa shape index (κ3) is 3.51. The topological polar surface area (TPSA) is 81.5 Å². The lowest BCUT2D eigenvalue weighted by atomic mass is 10.00. The summed E-state index contributed by atoms with van der Waals surface area (Å²) < 4.78 is 5.38. The van der Waals surface area contributed by atoms with E-state index in [0.717, 1.165) is 13.0 Å². The Bertz CT molecular complexity index is 472. The van der Waals surface area contributed by atoms with Crippen LogP contribution in [0.1, 0.15) is 23.7 Å². The number of ether oxygens (including phenoxy) is 1. The van der Waals surface area contributed by atoms with E-state index in [1.165, 1.54) is 24.3 Å². The third-order valence-electron chi connectivity index (χ3n) is 3.12. The number of nitrogens with zero attached hydrogens (tertiary/aromatic N) is 1. The summed E-state index contributed by atoms with van der Waals surface area (Å²) in [6, 6.07) is 5.44. The minimum atomic E-state index is -0.498. The molecule has 0 amide bonds. The molecule has 0 aliphatic carbocycles. The van der Waals surface area contributed by atoms with Crippen molar-refractivity contribution in [2.45, 2.75) is 19.4 Å². The van der Waals surface area contributed by atoms with Crippen molar-refractivity contribution in [3.05, 3.63) is 39.9 Å². The van der Waals surface area contributed by atoms with Crippen molar-refractivity contribution in [2.75, 3.05) is 13.1 Å². The van der Waals surface area contributed by atoms with Crippen LogP contribution >= 0.6 is 0 Å². The Morgan fingerprint density at radius 3 is 2.63 bits per heavy atom. The Balaban J connectivity index is 1.97. The van der Waals surface area contributed by atoms with Crippen molar-refractivity contribution in [1.29, 1.82) is 0 Å². The van der Waals surface area contributed by atoms with Gasteiger partial charge in [-0.25, -0.2) is 4.79 Å². The third-order valence-corrected chi connectivity index (χ3v) is 3.12. The van der Waals surface area contributed by atoms with Crippen LogP contribution in [0.3, 0.4) is 0 Å². The quantitative estimate of drug-likeness (QED) is 0.511. The van der Waals surface area contributed by atoms with Crippen LogP contribution in [0.25, 0.3) is 0 Å². The lowest BCUT2D eigenvalue weighted by Crippen LogP contribution is -2.40. The first-order valence-electron chi connectivity index (χ1n) is 6.22. The van der Waals surface area contributed by atoms with Crippen molar-refractivity contribution in [3.63, 3.8) is 0 Å². The smallest absolute Gasteiger partial charge is 0.338 e. The van der Waals surface area contributed by atoms with Gasteiger partial charge in [0.05, 0.1) is 10.5 Å². The molecule has 2 rings (SSSR count). The first-order chi connectivity index (χ1) is 9.06. The van der Waals surface area contributed by atoms with E-state index in [1.807, 2.05) is 0 Å². The average Bonchev–Trinajstić information content (AvgIpc) is 2.39. The fraction of sp³-hybridized carbons (Fsp3) is 0.462. The molecule has 0 saturated carbocycles. The van der Waals surface area contributed by atoms with Crippen LogP contribution in [0.5, 0.6) is 0 Å². The van der Waals surface area contributed by atoms with E-state index in [1.54, 1.807) is 0 Å². The predicted molar refractivity (Wildman–Crippen MR) is 69.0 cm³/mol. The van der Waals surface area contributed by atoms with Gasteiger partial charge in [0.15, 0.2) is 0 Å². The molecular weight excluding hydrogens is 248 g/mol. The molecule has 6 nitrogen and oxygen atoms in total. The summed E-state index contributed by atoms with van der Waals surface area (Å²) in [6.45, 7) is 3.69. The lowest BCUT2D eigenvalue weighted by molar-refractivity contribution is -0.384. The van der Waals surface area contributed by atoms with Gasteiger partial charge in [-0.15, -0.1) is 0 Å². The Morgan fingerprint density at radius 2 is 2.05 bits per heavy atom. The lowest BCUT2D eigenvalue weighted by Gasteiger charge is -2.27. The van der Waals surface area contributed by atoms with Crippen molar-refractivity contribution in [3.8, 4) is 0 Å². The minimum absolute atomic E-state index is 0.0375. The Hall–Kier alpha value is -1.95. The second-order valence-corrected chi connectivity index (χ2v) is 4.83. The van der Waals surface area contributed by atoms with Gasteiger partial charge in [-0.3, -0.25) is 10.1 Å². The van der Waals surface area contributed by atoms with E-state index in [4.69, 9.17) is 4.74 Å². The molecule has 2 atom stereocenters. The number of benzene rings is 1. The van der Waals surface area contributed by atoms with Crippen LogP contribution in [-0.2, 0) is 4.74 Å². The van der Waals surface area contributed by atoms with Crippen LogP contribution in [0.15, 0.2) is 24.3 Å². The van der Waals surface area contributed by atoms with Gasteiger partial charge >= 0.3 is 5.97 Å². The van der Waals surface area contributed by atoms with Crippen LogP contribution in [0, 0.1) is 16.0 Å². The number of rotatable bonds is 3. The number of nitro groups is 1. The molecule has 1 heterocycles. The Labute approximate surface area is 110 Å². The van der Waals surface area contributed by atoms with Crippen molar-refractivity contribution in [2.24, 2.45) is 5.92 Å². The van der Waals surface area contributed by atoms with Crippen molar-refractivity contribution in [1.82, 2.24) is 5.32 Å². The van der Waals surface area contributed by atoms with Gasteiger partial charge in [0, 0.05) is 18.7 Å². The summed E-state index contributed by atoms with van der Waals surface area (Å²) in [4.78, 5) is 21.9. The van der Waals surface area contributed by atoms with Gasteiger partial charge in [-0.1, -0.05) is 6.92 Å². The first-order valence-corrected chi connectivity index (χ1v) is 6.22. The molecule has 6 heteroatoms. The molecule has 1 N–H and O–H groups in total. The van der Waals surface area contributed by atoms with E-state index in [9.17, 15) is 14.9 Å². The Morgan fingerprint density at radius 1 is 1.37 bits per heavy atom. The number of esters is 1. The number of nitro benzene ring substituents is 1. The zero-order valence-corrected chi connectivity index (χ0v) is 10.7. The molecule has 1 aromatic carbocycles. The fourth-order valence-electron chi connectivity index (χ4n) is 2.13. The molecule has 102 valence electrons. The van der Waals surface area contributed by atoms with Gasteiger partial charge in [-0.05, 0) is 31.0 Å². The first kappa shape index (κ1) is 13.5. The van der Waals surface area contributed by atoms with Gasteiger partial charge in [0.2, 0.25) is 0 Å². The molecule has 1 aromatic rings. The summed E-state index contributed by atoms with van der Waals surface area (Å²) in [7, 11) is 0. The zero-order chi connectivity index (χ0) is 13.8. The standard InChI is InChI=1S/C13H16N2O4/c1-9-6-12(8-14-7-9)19-13(16)10-2-4-11(5-3-10)15(17)18/h2-5,9,12,14H,6-8H2,1H3. The monoisotopic (exact) mass is 264 g/mol. The normalized spacial score (nSPS) is 22.8. The highest BCUT2D eigenvalue weighted by Gasteiger charge is 2.22. The van der Waals surface area contributed by atoms with Crippen LogP contribution in [0.2, 0.25) is 0 Å². The second kappa shape index (κ2) is 5.79. The number of carbonyl (C=O) groups excluding carboxylic acids is 1. The number of piperidine rings is 1. The van der Waals surface area contributed by atoms with Gasteiger partial charge in [-0.2, -0.15) is 0 Å². The van der Waals surface area contributed by atoms with E-state index in [-0.39, 0.29) is 11.8 Å². The zero-order valence-electron chi connectivity index (χ0n) is 10.7. The molecule has 19 heavy (non-hydrogen) atoms. The largest absolute Gasteiger partial charge is 0.457 e.